The second-order valence-corrected chi connectivity index (χ2v) is 6.80. The fraction of sp³-hybridized carbons (Fsp3) is 0.267. The van der Waals surface area contributed by atoms with E-state index < -0.39 is 10.0 Å². The summed E-state index contributed by atoms with van der Waals surface area (Å²) in [5, 5.41) is 0. The summed E-state index contributed by atoms with van der Waals surface area (Å²) in [4.78, 5) is 4.17. The summed E-state index contributed by atoms with van der Waals surface area (Å²) < 4.78 is 27.5. The molecule has 1 aromatic heterocycles. The molecule has 0 saturated heterocycles. The van der Waals surface area contributed by atoms with Gasteiger partial charge in [-0.2, -0.15) is 0 Å². The van der Waals surface area contributed by atoms with Crippen LogP contribution >= 0.6 is 0 Å². The van der Waals surface area contributed by atoms with Gasteiger partial charge in [-0.15, -0.1) is 0 Å². The molecule has 1 atom stereocenters. The minimum absolute atomic E-state index is 0.179. The summed E-state index contributed by atoms with van der Waals surface area (Å²) >= 11 is 0. The topological polar surface area (TPSA) is 85.1 Å². The van der Waals surface area contributed by atoms with Crippen LogP contribution in [0.15, 0.2) is 41.6 Å². The van der Waals surface area contributed by atoms with Gasteiger partial charge >= 0.3 is 0 Å². The number of nitrogens with one attached hydrogen (secondary N) is 1. The summed E-state index contributed by atoms with van der Waals surface area (Å²) in [7, 11) is -3.63. The van der Waals surface area contributed by atoms with E-state index in [-0.39, 0.29) is 10.9 Å². The van der Waals surface area contributed by atoms with Crippen molar-refractivity contribution < 1.29 is 8.42 Å². The number of hydrogen-bond acceptors (Lipinski definition) is 4. The third-order valence-corrected chi connectivity index (χ3v) is 5.03. The smallest absolute Gasteiger partial charge is 0.241 e. The van der Waals surface area contributed by atoms with Crippen molar-refractivity contribution in [1.29, 1.82) is 0 Å². The maximum absolute atomic E-state index is 12.4. The zero-order valence-corrected chi connectivity index (χ0v) is 13.1. The Kier molecular flexibility index (Phi) is 4.29. The number of anilines is 1. The number of aromatic nitrogens is 1. The van der Waals surface area contributed by atoms with Gasteiger partial charge < -0.3 is 5.73 Å². The van der Waals surface area contributed by atoms with Crippen LogP contribution < -0.4 is 10.5 Å². The Balaban J connectivity index is 2.31. The molecular formula is C15H19N3O2S. The molecule has 0 aliphatic carbocycles. The third-order valence-electron chi connectivity index (χ3n) is 3.51. The lowest BCUT2D eigenvalue weighted by Crippen LogP contribution is -2.27. The van der Waals surface area contributed by atoms with Crippen molar-refractivity contribution in [2.24, 2.45) is 0 Å². The number of nitrogens with zero attached hydrogens (tertiary/aromatic N) is 1. The Hall–Kier alpha value is -1.92. The molecule has 0 spiro atoms. The molecule has 0 amide bonds. The average molecular weight is 305 g/mol. The molecular weight excluding hydrogens is 286 g/mol. The Bertz CT molecular complexity index is 720. The average Bonchev–Trinajstić information content (AvgIpc) is 2.44. The van der Waals surface area contributed by atoms with Gasteiger partial charge in [0, 0.05) is 24.1 Å². The maximum Gasteiger partial charge on any atom is 0.241 e. The van der Waals surface area contributed by atoms with Crippen molar-refractivity contribution in [2.75, 3.05) is 5.73 Å². The van der Waals surface area contributed by atoms with Crippen LogP contribution in [0.25, 0.3) is 0 Å². The Morgan fingerprint density at radius 2 is 2.00 bits per heavy atom. The molecule has 112 valence electrons. The summed E-state index contributed by atoms with van der Waals surface area (Å²) in [6.45, 7) is 5.49. The maximum atomic E-state index is 12.4. The van der Waals surface area contributed by atoms with Crippen LogP contribution in [0.4, 0.5) is 5.69 Å². The number of aryl methyl sites for hydroxylation is 1. The second-order valence-electron chi connectivity index (χ2n) is 5.08. The van der Waals surface area contributed by atoms with Crippen molar-refractivity contribution in [1.82, 2.24) is 9.71 Å². The lowest BCUT2D eigenvalue weighted by Gasteiger charge is -2.15. The molecule has 0 aliphatic heterocycles. The van der Waals surface area contributed by atoms with Crippen LogP contribution in [0.2, 0.25) is 0 Å². The summed E-state index contributed by atoms with van der Waals surface area (Å²) in [6.07, 6.45) is 3.29. The number of benzene rings is 1. The normalized spacial score (nSPS) is 13.1. The van der Waals surface area contributed by atoms with Gasteiger partial charge in [0.25, 0.3) is 0 Å². The summed E-state index contributed by atoms with van der Waals surface area (Å²) in [5.74, 6) is 0. The highest BCUT2D eigenvalue weighted by molar-refractivity contribution is 7.89. The minimum atomic E-state index is -3.63. The number of rotatable bonds is 4. The zero-order valence-electron chi connectivity index (χ0n) is 12.3. The predicted octanol–water partition coefficient (Wildman–Crippen LogP) is 2.32. The van der Waals surface area contributed by atoms with Crippen molar-refractivity contribution in [3.63, 3.8) is 0 Å². The molecule has 1 unspecified atom stereocenters. The van der Waals surface area contributed by atoms with Gasteiger partial charge in [-0.1, -0.05) is 6.07 Å². The fourth-order valence-corrected chi connectivity index (χ4v) is 3.36. The molecule has 5 nitrogen and oxygen atoms in total. The molecule has 1 aromatic carbocycles. The van der Waals surface area contributed by atoms with Gasteiger partial charge in [0.05, 0.1) is 4.90 Å². The van der Waals surface area contributed by atoms with Crippen LogP contribution in [0.1, 0.15) is 29.7 Å². The molecule has 2 aromatic rings. The lowest BCUT2D eigenvalue weighted by molar-refractivity contribution is 0.566. The minimum Gasteiger partial charge on any atom is -0.398 e. The van der Waals surface area contributed by atoms with Crippen LogP contribution in [-0.4, -0.2) is 13.4 Å². The Labute approximate surface area is 125 Å². The first-order chi connectivity index (χ1) is 9.81. The van der Waals surface area contributed by atoms with Crippen molar-refractivity contribution in [3.8, 4) is 0 Å². The van der Waals surface area contributed by atoms with E-state index in [2.05, 4.69) is 9.71 Å². The van der Waals surface area contributed by atoms with Gasteiger partial charge in [-0.25, -0.2) is 13.1 Å². The van der Waals surface area contributed by atoms with E-state index in [1.54, 1.807) is 31.5 Å². The lowest BCUT2D eigenvalue weighted by atomic mass is 10.1. The Morgan fingerprint density at radius 1 is 1.29 bits per heavy atom. The first-order valence-electron chi connectivity index (χ1n) is 6.60. The standard InChI is InChI=1S/C15H19N3O2S/c1-10-7-14(8-15(16)11(10)2)21(19,20)18-12(3)13-5-4-6-17-9-13/h4-9,12,18H,16H2,1-3H3. The zero-order chi connectivity index (χ0) is 15.6. The van der Waals surface area contributed by atoms with Crippen molar-refractivity contribution in [3.05, 3.63) is 53.3 Å². The van der Waals surface area contributed by atoms with Crippen LogP contribution in [0.5, 0.6) is 0 Å². The molecule has 0 saturated carbocycles. The highest BCUT2D eigenvalue weighted by atomic mass is 32.2. The van der Waals surface area contributed by atoms with E-state index in [9.17, 15) is 8.42 Å². The van der Waals surface area contributed by atoms with E-state index in [4.69, 9.17) is 5.73 Å². The van der Waals surface area contributed by atoms with E-state index in [1.807, 2.05) is 19.9 Å². The first kappa shape index (κ1) is 15.5. The van der Waals surface area contributed by atoms with Crippen LogP contribution in [0, 0.1) is 13.8 Å². The molecule has 0 fully saturated rings. The first-order valence-corrected chi connectivity index (χ1v) is 8.08. The fourth-order valence-electron chi connectivity index (χ4n) is 2.01. The molecule has 0 aliphatic rings. The van der Waals surface area contributed by atoms with Crippen molar-refractivity contribution in [2.45, 2.75) is 31.7 Å². The number of nitrogens with two attached hydrogens (primary N) is 1. The van der Waals surface area contributed by atoms with Crippen LogP contribution in [0.3, 0.4) is 0 Å². The van der Waals surface area contributed by atoms with E-state index in [0.29, 0.717) is 5.69 Å². The van der Waals surface area contributed by atoms with Crippen LogP contribution in [-0.2, 0) is 10.0 Å². The van der Waals surface area contributed by atoms with Gasteiger partial charge in [0.1, 0.15) is 0 Å². The number of hydrogen-bond donors (Lipinski definition) is 2. The van der Waals surface area contributed by atoms with E-state index >= 15 is 0 Å². The highest BCUT2D eigenvalue weighted by Crippen LogP contribution is 2.23. The van der Waals surface area contributed by atoms with Gasteiger partial charge in [0.15, 0.2) is 0 Å². The van der Waals surface area contributed by atoms with E-state index in [0.717, 1.165) is 16.7 Å². The molecule has 2 rings (SSSR count). The second kappa shape index (κ2) is 5.83. The van der Waals surface area contributed by atoms with Gasteiger partial charge in [0.2, 0.25) is 10.0 Å². The Morgan fingerprint density at radius 3 is 2.57 bits per heavy atom. The molecule has 1 heterocycles. The third kappa shape index (κ3) is 3.40. The molecule has 0 radical (unpaired) electrons. The molecule has 21 heavy (non-hydrogen) atoms. The molecule has 3 N–H and O–H groups in total. The van der Waals surface area contributed by atoms with Gasteiger partial charge in [-0.3, -0.25) is 4.98 Å². The summed E-state index contributed by atoms with van der Waals surface area (Å²) in [5.41, 5.74) is 8.89. The predicted molar refractivity (Wildman–Crippen MR) is 83.3 cm³/mol. The largest absolute Gasteiger partial charge is 0.398 e. The highest BCUT2D eigenvalue weighted by Gasteiger charge is 2.19. The summed E-state index contributed by atoms with van der Waals surface area (Å²) in [6, 6.07) is 6.35. The molecule has 6 heteroatoms. The quantitative estimate of drug-likeness (QED) is 0.849. The number of pyridine rings is 1. The van der Waals surface area contributed by atoms with Crippen molar-refractivity contribution >= 4 is 15.7 Å². The number of sulfonamides is 1. The number of nitrogen functional groups attached to an aromatic ring is 1. The monoisotopic (exact) mass is 305 g/mol. The van der Waals surface area contributed by atoms with Gasteiger partial charge in [-0.05, 0) is 55.7 Å². The van der Waals surface area contributed by atoms with E-state index in [1.165, 1.54) is 6.07 Å². The molecule has 0 bridgehead atoms. The SMILES string of the molecule is Cc1cc(S(=O)(=O)NC(C)c2cccnc2)cc(N)c1C.